The molecule has 4 rings (SSSR count). The van der Waals surface area contributed by atoms with E-state index in [1.54, 1.807) is 11.0 Å². The van der Waals surface area contributed by atoms with E-state index in [1.807, 2.05) is 13.1 Å². The average molecular weight is 472 g/mol. The summed E-state index contributed by atoms with van der Waals surface area (Å²) in [6.45, 7) is 7.25. The number of urea groups is 1. The molecule has 3 amide bonds. The number of aryl methyl sites for hydroxylation is 2. The van der Waals surface area contributed by atoms with Crippen molar-refractivity contribution in [3.63, 3.8) is 0 Å². The molecular formula is C23H29N5O4S. The third kappa shape index (κ3) is 4.66. The highest BCUT2D eigenvalue weighted by Crippen LogP contribution is 2.27. The van der Waals surface area contributed by atoms with E-state index in [0.29, 0.717) is 45.0 Å². The van der Waals surface area contributed by atoms with Crippen LogP contribution < -0.4 is 15.1 Å². The molecule has 9 nitrogen and oxygen atoms in total. The van der Waals surface area contributed by atoms with Crippen molar-refractivity contribution >= 4 is 33.3 Å². The van der Waals surface area contributed by atoms with Gasteiger partial charge in [0.05, 0.1) is 10.5 Å². The zero-order valence-corrected chi connectivity index (χ0v) is 20.0. The van der Waals surface area contributed by atoms with Gasteiger partial charge in [0, 0.05) is 57.4 Å². The number of pyridine rings is 1. The fourth-order valence-corrected chi connectivity index (χ4v) is 5.21. The molecule has 3 heterocycles. The highest BCUT2D eigenvalue weighted by molar-refractivity contribution is 7.90. The number of hydrogen-bond donors (Lipinski definition) is 1. The minimum absolute atomic E-state index is 0.0557. The van der Waals surface area contributed by atoms with Crippen LogP contribution in [0.2, 0.25) is 0 Å². The number of carbonyl (C=O) groups excluding carboxylic acids is 2. The van der Waals surface area contributed by atoms with Gasteiger partial charge in [0.2, 0.25) is 0 Å². The van der Waals surface area contributed by atoms with Gasteiger partial charge >= 0.3 is 6.03 Å². The zero-order chi connectivity index (χ0) is 23.8. The van der Waals surface area contributed by atoms with E-state index in [9.17, 15) is 18.0 Å². The molecule has 1 aromatic heterocycles. The highest BCUT2D eigenvalue weighted by atomic mass is 32.2. The Bertz CT molecular complexity index is 1190. The molecule has 33 heavy (non-hydrogen) atoms. The number of piperazine rings is 1. The number of rotatable bonds is 5. The van der Waals surface area contributed by atoms with Crippen LogP contribution in [0.4, 0.5) is 16.3 Å². The van der Waals surface area contributed by atoms with E-state index >= 15 is 0 Å². The van der Waals surface area contributed by atoms with Gasteiger partial charge < -0.3 is 15.1 Å². The maximum Gasteiger partial charge on any atom is 0.321 e. The second kappa shape index (κ2) is 9.01. The summed E-state index contributed by atoms with van der Waals surface area (Å²) in [7, 11) is -3.68. The lowest BCUT2D eigenvalue weighted by atomic mass is 10.1. The van der Waals surface area contributed by atoms with Crippen molar-refractivity contribution in [1.82, 2.24) is 15.2 Å². The topological polar surface area (TPSA) is 103 Å². The molecule has 2 fully saturated rings. The number of anilines is 2. The fourth-order valence-electron chi connectivity index (χ4n) is 4.32. The van der Waals surface area contributed by atoms with Crippen molar-refractivity contribution in [2.24, 2.45) is 0 Å². The predicted octanol–water partition coefficient (Wildman–Crippen LogP) is 1.85. The Balaban J connectivity index is 1.53. The SMILES string of the molecule is CCc1cnc(N2CCN(C(=O)c3ccc(N4CCNC4=O)cc3S(C)(=O)=O)CC2)c(C)c1. The molecule has 1 N–H and O–H groups in total. The van der Waals surface area contributed by atoms with Crippen molar-refractivity contribution in [1.29, 1.82) is 0 Å². The average Bonchev–Trinajstić information content (AvgIpc) is 3.23. The Hall–Kier alpha value is -3.14. The smallest absolute Gasteiger partial charge is 0.321 e. The van der Waals surface area contributed by atoms with E-state index in [2.05, 4.69) is 28.2 Å². The van der Waals surface area contributed by atoms with E-state index in [4.69, 9.17) is 0 Å². The van der Waals surface area contributed by atoms with Crippen molar-refractivity contribution in [2.75, 3.05) is 55.3 Å². The molecule has 2 aromatic rings. The molecule has 176 valence electrons. The number of benzene rings is 1. The summed E-state index contributed by atoms with van der Waals surface area (Å²) >= 11 is 0. The van der Waals surface area contributed by atoms with E-state index in [1.165, 1.54) is 22.6 Å². The van der Waals surface area contributed by atoms with Gasteiger partial charge in [-0.05, 0) is 42.7 Å². The molecule has 0 saturated carbocycles. The molecule has 0 bridgehead atoms. The normalized spacial score (nSPS) is 16.8. The van der Waals surface area contributed by atoms with E-state index < -0.39 is 9.84 Å². The van der Waals surface area contributed by atoms with Gasteiger partial charge in [-0.2, -0.15) is 0 Å². The molecule has 2 aliphatic heterocycles. The van der Waals surface area contributed by atoms with Gasteiger partial charge in [-0.15, -0.1) is 0 Å². The fraction of sp³-hybridized carbons (Fsp3) is 0.435. The summed E-state index contributed by atoms with van der Waals surface area (Å²) in [5.74, 6) is 0.600. The van der Waals surface area contributed by atoms with Crippen molar-refractivity contribution in [2.45, 2.75) is 25.2 Å². The van der Waals surface area contributed by atoms with Gasteiger partial charge in [0.1, 0.15) is 5.82 Å². The molecule has 1 aromatic carbocycles. The van der Waals surface area contributed by atoms with Crippen molar-refractivity contribution < 1.29 is 18.0 Å². The number of amides is 3. The predicted molar refractivity (Wildman–Crippen MR) is 127 cm³/mol. The minimum Gasteiger partial charge on any atom is -0.353 e. The minimum atomic E-state index is -3.68. The van der Waals surface area contributed by atoms with Gasteiger partial charge in [-0.3, -0.25) is 9.69 Å². The Morgan fingerprint density at radius 2 is 1.85 bits per heavy atom. The van der Waals surface area contributed by atoms with E-state index in [0.717, 1.165) is 24.1 Å². The first-order valence-electron chi connectivity index (χ1n) is 11.1. The van der Waals surface area contributed by atoms with Crippen LogP contribution in [0, 0.1) is 6.92 Å². The standard InChI is InChI=1S/C23H29N5O4S/c1-4-17-13-16(2)21(25-15-17)26-9-11-27(12-10-26)22(29)19-6-5-18(14-20(19)33(3,31)32)28-8-7-24-23(28)30/h5-6,13-15H,4,7-12H2,1-3H3,(H,24,30). The van der Waals surface area contributed by atoms with Gasteiger partial charge in [-0.1, -0.05) is 13.0 Å². The Kier molecular flexibility index (Phi) is 6.29. The van der Waals surface area contributed by atoms with Crippen LogP contribution in [0.25, 0.3) is 0 Å². The molecule has 0 aliphatic carbocycles. The lowest BCUT2D eigenvalue weighted by Crippen LogP contribution is -2.49. The first-order valence-corrected chi connectivity index (χ1v) is 13.0. The second-order valence-electron chi connectivity index (χ2n) is 8.45. The quantitative estimate of drug-likeness (QED) is 0.714. The lowest BCUT2D eigenvalue weighted by molar-refractivity contribution is 0.0742. The maximum atomic E-state index is 13.3. The van der Waals surface area contributed by atoms with Crippen LogP contribution in [-0.4, -0.2) is 75.8 Å². The number of aromatic nitrogens is 1. The summed E-state index contributed by atoms with van der Waals surface area (Å²) in [6.07, 6.45) is 3.90. The maximum absolute atomic E-state index is 13.3. The second-order valence-corrected chi connectivity index (χ2v) is 10.4. The van der Waals surface area contributed by atoms with Crippen LogP contribution >= 0.6 is 0 Å². The first kappa shape index (κ1) is 23.0. The first-order chi connectivity index (χ1) is 15.7. The highest BCUT2D eigenvalue weighted by Gasteiger charge is 2.29. The molecule has 2 aliphatic rings. The van der Waals surface area contributed by atoms with Crippen LogP contribution in [0.5, 0.6) is 0 Å². The van der Waals surface area contributed by atoms with Crippen LogP contribution in [0.3, 0.4) is 0 Å². The summed E-state index contributed by atoms with van der Waals surface area (Å²) in [5, 5.41) is 2.70. The number of hydrogen-bond acceptors (Lipinski definition) is 6. The summed E-state index contributed by atoms with van der Waals surface area (Å²) in [5.41, 5.74) is 2.89. The Morgan fingerprint density at radius 3 is 2.42 bits per heavy atom. The van der Waals surface area contributed by atoms with Crippen molar-refractivity contribution in [3.05, 3.63) is 47.2 Å². The number of sulfone groups is 1. The number of nitrogens with one attached hydrogen (secondary N) is 1. The molecule has 2 saturated heterocycles. The molecule has 0 spiro atoms. The van der Waals surface area contributed by atoms with Crippen LogP contribution in [-0.2, 0) is 16.3 Å². The summed E-state index contributed by atoms with van der Waals surface area (Å²) < 4.78 is 25.0. The van der Waals surface area contributed by atoms with Gasteiger partial charge in [0.15, 0.2) is 9.84 Å². The molecule has 0 atom stereocenters. The Labute approximate surface area is 194 Å². The monoisotopic (exact) mass is 471 g/mol. The number of carbonyl (C=O) groups is 2. The molecule has 0 radical (unpaired) electrons. The molecule has 0 unspecified atom stereocenters. The molecule has 10 heteroatoms. The summed E-state index contributed by atoms with van der Waals surface area (Å²) in [6, 6.07) is 6.43. The lowest BCUT2D eigenvalue weighted by Gasteiger charge is -2.36. The van der Waals surface area contributed by atoms with Gasteiger partial charge in [-0.25, -0.2) is 18.2 Å². The molecular weight excluding hydrogens is 442 g/mol. The van der Waals surface area contributed by atoms with Crippen molar-refractivity contribution in [3.8, 4) is 0 Å². The van der Waals surface area contributed by atoms with Gasteiger partial charge in [0.25, 0.3) is 5.91 Å². The van der Waals surface area contributed by atoms with Crippen LogP contribution in [0.1, 0.15) is 28.4 Å². The Morgan fingerprint density at radius 1 is 1.12 bits per heavy atom. The van der Waals surface area contributed by atoms with E-state index in [-0.39, 0.29) is 22.4 Å². The summed E-state index contributed by atoms with van der Waals surface area (Å²) in [4.78, 5) is 35.1. The third-order valence-electron chi connectivity index (χ3n) is 6.15. The zero-order valence-electron chi connectivity index (χ0n) is 19.2. The largest absolute Gasteiger partial charge is 0.353 e. The van der Waals surface area contributed by atoms with Crippen LogP contribution in [0.15, 0.2) is 35.4 Å². The third-order valence-corrected chi connectivity index (χ3v) is 7.28. The number of nitrogens with zero attached hydrogens (tertiary/aromatic N) is 4.